The summed E-state index contributed by atoms with van der Waals surface area (Å²) in [5.41, 5.74) is 0.804. The molecule has 0 radical (unpaired) electrons. The Balaban J connectivity index is 0.00000151. The minimum Gasteiger partial charge on any atom is -0.693 e. The topological polar surface area (TPSA) is 45.5 Å². The van der Waals surface area contributed by atoms with Crippen LogP contribution in [0.3, 0.4) is 0 Å². The Kier molecular flexibility index (Phi) is 10.3. The SMILES string of the molecule is CC.Cc1ccc(Nc2[c-]c(C#CC3CC3)cc(F)c2F)c(F)c1.[NH2-].[W+2]. The largest absolute Gasteiger partial charge is 2.00 e. The molecule has 1 fully saturated rings. The molecule has 2 aromatic carbocycles. The summed E-state index contributed by atoms with van der Waals surface area (Å²) in [4.78, 5) is 0. The van der Waals surface area contributed by atoms with E-state index in [1.54, 1.807) is 13.0 Å². The maximum atomic E-state index is 13.9. The van der Waals surface area contributed by atoms with Gasteiger partial charge in [-0.3, -0.25) is 4.39 Å². The maximum absolute atomic E-state index is 13.9. The van der Waals surface area contributed by atoms with Gasteiger partial charge in [-0.25, -0.2) is 8.78 Å². The summed E-state index contributed by atoms with van der Waals surface area (Å²) < 4.78 is 41.3. The molecule has 26 heavy (non-hydrogen) atoms. The summed E-state index contributed by atoms with van der Waals surface area (Å²) >= 11 is 0. The quantitative estimate of drug-likeness (QED) is 0.352. The zero-order chi connectivity index (χ0) is 17.7. The molecule has 138 valence electrons. The van der Waals surface area contributed by atoms with Crippen molar-refractivity contribution in [2.75, 3.05) is 5.32 Å². The molecular formula is C20H21F3N2W. The van der Waals surface area contributed by atoms with Crippen molar-refractivity contribution in [3.8, 4) is 11.8 Å². The van der Waals surface area contributed by atoms with Gasteiger partial charge in [0.15, 0.2) is 0 Å². The minimum absolute atomic E-state index is 0. The van der Waals surface area contributed by atoms with Gasteiger partial charge in [-0.2, -0.15) is 11.8 Å². The number of nitrogens with one attached hydrogen (secondary N) is 1. The molecule has 1 aliphatic carbocycles. The molecule has 3 rings (SSSR count). The van der Waals surface area contributed by atoms with E-state index in [1.807, 2.05) is 13.8 Å². The first kappa shape index (κ1) is 24.2. The van der Waals surface area contributed by atoms with Gasteiger partial charge < -0.3 is 11.5 Å². The Morgan fingerprint density at radius 2 is 1.73 bits per heavy atom. The molecule has 6 heteroatoms. The minimum atomic E-state index is -1.10. The van der Waals surface area contributed by atoms with Gasteiger partial charge in [-0.15, -0.1) is 11.6 Å². The van der Waals surface area contributed by atoms with E-state index < -0.39 is 17.5 Å². The zero-order valence-electron chi connectivity index (χ0n) is 14.9. The molecule has 0 atom stereocenters. The van der Waals surface area contributed by atoms with Crippen molar-refractivity contribution in [2.24, 2.45) is 5.92 Å². The van der Waals surface area contributed by atoms with E-state index in [1.165, 1.54) is 12.1 Å². The number of rotatable bonds is 2. The first-order valence-corrected chi connectivity index (χ1v) is 7.99. The number of nitrogens with two attached hydrogens (primary N) is 1. The molecule has 0 unspecified atom stereocenters. The van der Waals surface area contributed by atoms with E-state index in [-0.39, 0.29) is 44.2 Å². The molecule has 0 spiro atoms. The van der Waals surface area contributed by atoms with Crippen molar-refractivity contribution in [3.05, 3.63) is 65.1 Å². The fourth-order valence-electron chi connectivity index (χ4n) is 1.95. The van der Waals surface area contributed by atoms with Crippen LogP contribution in [0.25, 0.3) is 6.15 Å². The van der Waals surface area contributed by atoms with E-state index >= 15 is 0 Å². The molecule has 1 aliphatic rings. The van der Waals surface area contributed by atoms with Crippen LogP contribution in [0.4, 0.5) is 24.5 Å². The summed E-state index contributed by atoms with van der Waals surface area (Å²) in [7, 11) is 0. The van der Waals surface area contributed by atoms with Crippen molar-refractivity contribution in [1.82, 2.24) is 0 Å². The number of anilines is 2. The van der Waals surface area contributed by atoms with Crippen LogP contribution in [-0.2, 0) is 21.1 Å². The number of hydrogen-bond donors (Lipinski definition) is 1. The number of aryl methyl sites for hydroxylation is 1. The predicted octanol–water partition coefficient (Wildman–Crippen LogP) is 6.46. The van der Waals surface area contributed by atoms with Crippen molar-refractivity contribution in [1.29, 1.82) is 0 Å². The molecule has 0 saturated heterocycles. The van der Waals surface area contributed by atoms with Crippen LogP contribution in [0.1, 0.15) is 37.8 Å². The van der Waals surface area contributed by atoms with E-state index in [9.17, 15) is 13.2 Å². The summed E-state index contributed by atoms with van der Waals surface area (Å²) in [6.45, 7) is 5.74. The van der Waals surface area contributed by atoms with Crippen LogP contribution in [-0.4, -0.2) is 0 Å². The number of benzene rings is 2. The number of hydrogen-bond acceptors (Lipinski definition) is 1. The van der Waals surface area contributed by atoms with Crippen molar-refractivity contribution in [3.63, 3.8) is 0 Å². The summed E-state index contributed by atoms with van der Waals surface area (Å²) in [5, 5.41) is 2.54. The van der Waals surface area contributed by atoms with Gasteiger partial charge in [0.2, 0.25) is 0 Å². The first-order valence-electron chi connectivity index (χ1n) is 7.99. The molecule has 2 nitrogen and oxygen atoms in total. The van der Waals surface area contributed by atoms with Crippen molar-refractivity contribution in [2.45, 2.75) is 33.6 Å². The van der Waals surface area contributed by atoms with Crippen molar-refractivity contribution >= 4 is 11.4 Å². The van der Waals surface area contributed by atoms with Crippen LogP contribution >= 0.6 is 0 Å². The Bertz CT molecular complexity index is 794. The first-order chi connectivity index (χ1) is 11.5. The molecule has 0 aromatic heterocycles. The number of halogens is 3. The average molecular weight is 530 g/mol. The van der Waals surface area contributed by atoms with Gasteiger partial charge in [-0.1, -0.05) is 26.0 Å². The summed E-state index contributed by atoms with van der Waals surface area (Å²) in [5.74, 6) is 3.40. The predicted molar refractivity (Wildman–Crippen MR) is 95.8 cm³/mol. The van der Waals surface area contributed by atoms with Gasteiger partial charge in [0, 0.05) is 5.92 Å². The maximum Gasteiger partial charge on any atom is 2.00 e. The fraction of sp³-hybridized carbons (Fsp3) is 0.300. The van der Waals surface area contributed by atoms with Crippen LogP contribution in [0.2, 0.25) is 0 Å². The van der Waals surface area contributed by atoms with E-state index in [0.717, 1.165) is 24.5 Å². The van der Waals surface area contributed by atoms with Gasteiger partial charge in [-0.05, 0) is 43.1 Å². The summed E-state index contributed by atoms with van der Waals surface area (Å²) in [6.07, 6.45) is 2.08. The third kappa shape index (κ3) is 6.52. The second-order valence-corrected chi connectivity index (χ2v) is 5.37. The third-order valence-electron chi connectivity index (χ3n) is 3.33. The monoisotopic (exact) mass is 530 g/mol. The van der Waals surface area contributed by atoms with E-state index in [4.69, 9.17) is 0 Å². The Labute approximate surface area is 167 Å². The van der Waals surface area contributed by atoms with Crippen LogP contribution in [0.15, 0.2) is 24.3 Å². The third-order valence-corrected chi connectivity index (χ3v) is 3.33. The van der Waals surface area contributed by atoms with Crippen LogP contribution in [0, 0.1) is 48.2 Å². The van der Waals surface area contributed by atoms with Gasteiger partial charge in [0.05, 0.1) is 17.3 Å². The summed E-state index contributed by atoms with van der Waals surface area (Å²) in [6, 6.07) is 8.12. The Morgan fingerprint density at radius 3 is 2.31 bits per heavy atom. The standard InChI is InChI=1S/C18H13F3N.C2H6.H2N.W/c1-11-2-7-16(14(19)8-11)22-17-10-13(6-5-12-3-4-12)9-15(20)18(17)21;1-2;;/h2,7-9,12,22H,3-4H2,1H3;1-2H3;1H2;/q-1;;-1;+2. The van der Waals surface area contributed by atoms with Crippen molar-refractivity contribution < 1.29 is 34.2 Å². The molecule has 0 heterocycles. The smallest absolute Gasteiger partial charge is 0.693 e. The van der Waals surface area contributed by atoms with Gasteiger partial charge >= 0.3 is 21.1 Å². The molecule has 2 aromatic rings. The van der Waals surface area contributed by atoms with E-state index in [2.05, 4.69) is 23.2 Å². The van der Waals surface area contributed by atoms with Gasteiger partial charge in [0.1, 0.15) is 5.82 Å². The second-order valence-electron chi connectivity index (χ2n) is 5.37. The van der Waals surface area contributed by atoms with Crippen LogP contribution < -0.4 is 5.32 Å². The Hall–Kier alpha value is -1.76. The molecule has 3 N–H and O–H groups in total. The van der Waals surface area contributed by atoms with Crippen LogP contribution in [0.5, 0.6) is 0 Å². The molecule has 0 amide bonds. The molecule has 0 bridgehead atoms. The Morgan fingerprint density at radius 1 is 1.08 bits per heavy atom. The second kappa shape index (κ2) is 11.1. The zero-order valence-corrected chi connectivity index (χ0v) is 17.9. The van der Waals surface area contributed by atoms with E-state index in [0.29, 0.717) is 5.92 Å². The molecule has 1 saturated carbocycles. The fourth-order valence-corrected chi connectivity index (χ4v) is 1.95. The molecule has 0 aliphatic heterocycles. The molecular weight excluding hydrogens is 509 g/mol. The normalized spacial score (nSPS) is 11.6. The van der Waals surface area contributed by atoms with Gasteiger partial charge in [0.25, 0.3) is 0 Å². The average Bonchev–Trinajstić information content (AvgIpc) is 3.38.